The van der Waals surface area contributed by atoms with Crippen LogP contribution in [0.2, 0.25) is 0 Å². The zero-order chi connectivity index (χ0) is 11.8. The average Bonchev–Trinajstić information content (AvgIpc) is 2.30. The minimum absolute atomic E-state index is 0.0820. The summed E-state index contributed by atoms with van der Waals surface area (Å²) in [4.78, 5) is 10.6. The standard InChI is InChI=1S/C12H16O4/c1-10(14)15-9-12(7-13)16-8-11-5-3-2-4-6-11/h2-6,12-13H,7-9H2,1H3/t12-/m0/s1. The topological polar surface area (TPSA) is 55.8 Å². The number of ether oxygens (including phenoxy) is 2. The molecule has 0 aliphatic heterocycles. The summed E-state index contributed by atoms with van der Waals surface area (Å²) in [6, 6.07) is 9.61. The molecule has 0 fully saturated rings. The number of carbonyl (C=O) groups is 1. The van der Waals surface area contributed by atoms with Crippen LogP contribution in [0.15, 0.2) is 30.3 Å². The van der Waals surface area contributed by atoms with E-state index in [0.29, 0.717) is 6.61 Å². The number of esters is 1. The van der Waals surface area contributed by atoms with Crippen molar-refractivity contribution in [3.8, 4) is 0 Å². The molecule has 0 aliphatic rings. The van der Waals surface area contributed by atoms with Crippen LogP contribution in [0, 0.1) is 0 Å². The van der Waals surface area contributed by atoms with Gasteiger partial charge in [0.25, 0.3) is 0 Å². The molecule has 0 aliphatic carbocycles. The number of aliphatic hydroxyl groups excluding tert-OH is 1. The molecule has 1 aromatic rings. The third kappa shape index (κ3) is 4.91. The predicted molar refractivity (Wildman–Crippen MR) is 58.7 cm³/mol. The van der Waals surface area contributed by atoms with Gasteiger partial charge < -0.3 is 14.6 Å². The van der Waals surface area contributed by atoms with Crippen LogP contribution in [0.25, 0.3) is 0 Å². The molecule has 1 N–H and O–H groups in total. The molecule has 0 heterocycles. The largest absolute Gasteiger partial charge is 0.463 e. The van der Waals surface area contributed by atoms with Gasteiger partial charge in [-0.2, -0.15) is 0 Å². The number of rotatable bonds is 6. The lowest BCUT2D eigenvalue weighted by Gasteiger charge is -2.14. The SMILES string of the molecule is CC(=O)OC[C@H](CO)OCc1ccccc1. The van der Waals surface area contributed by atoms with Crippen LogP contribution in [-0.2, 0) is 20.9 Å². The fourth-order valence-electron chi connectivity index (χ4n) is 1.15. The molecule has 0 radical (unpaired) electrons. The maximum Gasteiger partial charge on any atom is 0.302 e. The molecule has 0 bridgehead atoms. The molecule has 1 aromatic carbocycles. The summed E-state index contributed by atoms with van der Waals surface area (Å²) in [5.41, 5.74) is 1.02. The normalized spacial score (nSPS) is 12.1. The van der Waals surface area contributed by atoms with Gasteiger partial charge in [-0.15, -0.1) is 0 Å². The highest BCUT2D eigenvalue weighted by molar-refractivity contribution is 5.65. The fourth-order valence-corrected chi connectivity index (χ4v) is 1.15. The second-order valence-corrected chi connectivity index (χ2v) is 3.40. The summed E-state index contributed by atoms with van der Waals surface area (Å²) in [5.74, 6) is -0.373. The first kappa shape index (κ1) is 12.7. The molecule has 0 unspecified atom stereocenters. The quantitative estimate of drug-likeness (QED) is 0.736. The molecule has 16 heavy (non-hydrogen) atoms. The molecular weight excluding hydrogens is 208 g/mol. The summed E-state index contributed by atoms with van der Waals surface area (Å²) < 4.78 is 10.2. The van der Waals surface area contributed by atoms with Crippen molar-refractivity contribution in [2.45, 2.75) is 19.6 Å². The van der Waals surface area contributed by atoms with Gasteiger partial charge in [-0.05, 0) is 5.56 Å². The maximum atomic E-state index is 10.6. The summed E-state index contributed by atoms with van der Waals surface area (Å²) in [6.07, 6.45) is -0.468. The summed E-state index contributed by atoms with van der Waals surface area (Å²) in [7, 11) is 0. The maximum absolute atomic E-state index is 10.6. The number of hydrogen-bond donors (Lipinski definition) is 1. The van der Waals surface area contributed by atoms with Crippen LogP contribution in [0.3, 0.4) is 0 Å². The van der Waals surface area contributed by atoms with Crippen molar-refractivity contribution in [3.63, 3.8) is 0 Å². The van der Waals surface area contributed by atoms with Crippen molar-refractivity contribution in [2.24, 2.45) is 0 Å². The molecule has 0 spiro atoms. The van der Waals surface area contributed by atoms with Gasteiger partial charge in [0.2, 0.25) is 0 Å². The third-order valence-corrected chi connectivity index (χ3v) is 2.00. The van der Waals surface area contributed by atoms with E-state index in [9.17, 15) is 4.79 Å². The first-order valence-corrected chi connectivity index (χ1v) is 5.12. The summed E-state index contributed by atoms with van der Waals surface area (Å²) in [6.45, 7) is 1.64. The minimum atomic E-state index is -0.468. The van der Waals surface area contributed by atoms with Gasteiger partial charge in [-0.1, -0.05) is 30.3 Å². The molecule has 88 valence electrons. The van der Waals surface area contributed by atoms with E-state index in [4.69, 9.17) is 14.6 Å². The number of carbonyl (C=O) groups excluding carboxylic acids is 1. The van der Waals surface area contributed by atoms with E-state index in [2.05, 4.69) is 0 Å². The number of hydrogen-bond acceptors (Lipinski definition) is 4. The van der Waals surface area contributed by atoms with E-state index in [1.54, 1.807) is 0 Å². The van der Waals surface area contributed by atoms with Gasteiger partial charge in [0.05, 0.1) is 13.2 Å². The summed E-state index contributed by atoms with van der Waals surface area (Å²) in [5, 5.41) is 9.00. The second-order valence-electron chi connectivity index (χ2n) is 3.40. The highest BCUT2D eigenvalue weighted by Crippen LogP contribution is 2.03. The lowest BCUT2D eigenvalue weighted by atomic mass is 10.2. The Balaban J connectivity index is 2.31. The van der Waals surface area contributed by atoms with Crippen LogP contribution in [0.4, 0.5) is 0 Å². The van der Waals surface area contributed by atoms with Crippen molar-refractivity contribution >= 4 is 5.97 Å². The molecule has 0 aromatic heterocycles. The van der Waals surface area contributed by atoms with Gasteiger partial charge in [-0.3, -0.25) is 4.79 Å². The molecule has 4 nitrogen and oxygen atoms in total. The Hall–Kier alpha value is -1.39. The van der Waals surface area contributed by atoms with Crippen LogP contribution >= 0.6 is 0 Å². The van der Waals surface area contributed by atoms with Crippen molar-refractivity contribution in [1.82, 2.24) is 0 Å². The first-order valence-electron chi connectivity index (χ1n) is 5.12. The van der Waals surface area contributed by atoms with Crippen molar-refractivity contribution < 1.29 is 19.4 Å². The van der Waals surface area contributed by atoms with Gasteiger partial charge in [0.15, 0.2) is 0 Å². The zero-order valence-electron chi connectivity index (χ0n) is 9.26. The molecule has 0 saturated heterocycles. The van der Waals surface area contributed by atoms with E-state index >= 15 is 0 Å². The van der Waals surface area contributed by atoms with Crippen molar-refractivity contribution in [1.29, 1.82) is 0 Å². The second kappa shape index (κ2) is 6.98. The molecular formula is C12H16O4. The lowest BCUT2D eigenvalue weighted by Crippen LogP contribution is -2.25. The number of aliphatic hydroxyl groups is 1. The predicted octanol–water partition coefficient (Wildman–Crippen LogP) is 1.13. The zero-order valence-corrected chi connectivity index (χ0v) is 9.26. The van der Waals surface area contributed by atoms with E-state index in [-0.39, 0.29) is 19.2 Å². The van der Waals surface area contributed by atoms with Crippen LogP contribution in [0.1, 0.15) is 12.5 Å². The Kier molecular flexibility index (Phi) is 5.53. The Morgan fingerprint density at radius 1 is 1.38 bits per heavy atom. The molecule has 0 amide bonds. The highest BCUT2D eigenvalue weighted by Gasteiger charge is 2.09. The average molecular weight is 224 g/mol. The first-order chi connectivity index (χ1) is 7.72. The minimum Gasteiger partial charge on any atom is -0.463 e. The smallest absolute Gasteiger partial charge is 0.302 e. The third-order valence-electron chi connectivity index (χ3n) is 2.00. The molecule has 1 atom stereocenters. The number of benzene rings is 1. The van der Waals surface area contributed by atoms with E-state index in [0.717, 1.165) is 5.56 Å². The Morgan fingerprint density at radius 3 is 2.62 bits per heavy atom. The van der Waals surface area contributed by atoms with E-state index in [1.165, 1.54) is 6.92 Å². The Bertz CT molecular complexity index is 310. The van der Waals surface area contributed by atoms with E-state index in [1.807, 2.05) is 30.3 Å². The monoisotopic (exact) mass is 224 g/mol. The van der Waals surface area contributed by atoms with Crippen molar-refractivity contribution in [3.05, 3.63) is 35.9 Å². The summed E-state index contributed by atoms with van der Waals surface area (Å²) >= 11 is 0. The van der Waals surface area contributed by atoms with Gasteiger partial charge >= 0.3 is 5.97 Å². The van der Waals surface area contributed by atoms with Gasteiger partial charge in [0, 0.05) is 6.92 Å². The molecule has 0 saturated carbocycles. The molecule has 4 heteroatoms. The van der Waals surface area contributed by atoms with Crippen molar-refractivity contribution in [2.75, 3.05) is 13.2 Å². The van der Waals surface area contributed by atoms with E-state index < -0.39 is 6.10 Å². The van der Waals surface area contributed by atoms with Gasteiger partial charge in [0.1, 0.15) is 12.7 Å². The van der Waals surface area contributed by atoms with Crippen LogP contribution < -0.4 is 0 Å². The van der Waals surface area contributed by atoms with Crippen LogP contribution in [-0.4, -0.2) is 30.4 Å². The van der Waals surface area contributed by atoms with Crippen LogP contribution in [0.5, 0.6) is 0 Å². The lowest BCUT2D eigenvalue weighted by molar-refractivity contribution is -0.146. The van der Waals surface area contributed by atoms with Gasteiger partial charge in [-0.25, -0.2) is 0 Å². The highest BCUT2D eigenvalue weighted by atomic mass is 16.6. The fraction of sp³-hybridized carbons (Fsp3) is 0.417. The Morgan fingerprint density at radius 2 is 2.06 bits per heavy atom. The Labute approximate surface area is 94.8 Å². The molecule has 1 rings (SSSR count).